The number of nitrogens with two attached hydrogens (primary N) is 1. The molecule has 0 aliphatic heterocycles. The smallest absolute Gasteiger partial charge is 0.355 e. The average molecular weight is 547 g/mol. The van der Waals surface area contributed by atoms with Gasteiger partial charge in [-0.2, -0.15) is 5.11 Å². The van der Waals surface area contributed by atoms with Crippen LogP contribution in [0.25, 0.3) is 0 Å². The van der Waals surface area contributed by atoms with E-state index in [1.807, 2.05) is 91.0 Å². The van der Waals surface area contributed by atoms with Gasteiger partial charge in [0.15, 0.2) is 0 Å². The van der Waals surface area contributed by atoms with Gasteiger partial charge in [0.2, 0.25) is 10.0 Å². The number of sulfonamides is 1. The van der Waals surface area contributed by atoms with Crippen molar-refractivity contribution in [2.45, 2.75) is 18.0 Å². The Morgan fingerprint density at radius 1 is 0.789 bits per heavy atom. The molecule has 0 radical (unpaired) electrons. The first-order valence-electron chi connectivity index (χ1n) is 11.8. The van der Waals surface area contributed by atoms with Gasteiger partial charge in [-0.1, -0.05) is 91.0 Å². The second-order valence-corrected chi connectivity index (χ2v) is 12.8. The van der Waals surface area contributed by atoms with Gasteiger partial charge in [-0.05, 0) is 31.2 Å². The number of primary sulfonamides is 1. The Labute approximate surface area is 222 Å². The molecule has 0 heterocycles. The van der Waals surface area contributed by atoms with E-state index in [2.05, 4.69) is 10.2 Å². The van der Waals surface area contributed by atoms with Crippen LogP contribution in [0, 0.1) is 0 Å². The van der Waals surface area contributed by atoms with Crippen molar-refractivity contribution < 1.29 is 17.9 Å². The summed E-state index contributed by atoms with van der Waals surface area (Å²) in [4.78, 5) is 13.1. The van der Waals surface area contributed by atoms with E-state index < -0.39 is 29.2 Å². The van der Waals surface area contributed by atoms with Gasteiger partial charge in [0, 0.05) is 15.9 Å². The van der Waals surface area contributed by atoms with Gasteiger partial charge in [-0.15, -0.1) is 5.11 Å². The zero-order valence-corrected chi connectivity index (χ0v) is 22.4. The Kier molecular flexibility index (Phi) is 8.63. The first-order valence-corrected chi connectivity index (χ1v) is 15.1. The van der Waals surface area contributed by atoms with Gasteiger partial charge < -0.3 is 4.74 Å². The van der Waals surface area contributed by atoms with Crippen LogP contribution in [0.2, 0.25) is 0 Å². The molecular weight excluding hydrogens is 519 g/mol. The highest BCUT2D eigenvalue weighted by molar-refractivity contribution is 7.89. The summed E-state index contributed by atoms with van der Waals surface area (Å²) in [5.41, 5.74) is 0.338. The lowest BCUT2D eigenvalue weighted by Crippen LogP contribution is -2.28. The monoisotopic (exact) mass is 546 g/mol. The van der Waals surface area contributed by atoms with Crippen molar-refractivity contribution in [1.29, 1.82) is 0 Å². The third-order valence-corrected chi connectivity index (χ3v) is 10.2. The lowest BCUT2D eigenvalue weighted by molar-refractivity contribution is -0.144. The number of hydrogen-bond donors (Lipinski definition) is 1. The van der Waals surface area contributed by atoms with Crippen molar-refractivity contribution in [1.82, 2.24) is 0 Å². The second-order valence-electron chi connectivity index (χ2n) is 8.14. The molecule has 1 atom stereocenters. The summed E-state index contributed by atoms with van der Waals surface area (Å²) in [7, 11) is -6.61. The Morgan fingerprint density at radius 2 is 1.24 bits per heavy atom. The maximum absolute atomic E-state index is 13.2. The molecule has 0 saturated heterocycles. The maximum Gasteiger partial charge on any atom is 0.355 e. The van der Waals surface area contributed by atoms with Gasteiger partial charge in [0.05, 0.1) is 24.2 Å². The average Bonchev–Trinajstić information content (AvgIpc) is 2.95. The van der Waals surface area contributed by atoms with Crippen LogP contribution in [-0.4, -0.2) is 27.2 Å². The molecule has 0 fully saturated rings. The molecule has 1 unspecified atom stereocenters. The number of ether oxygens (including phenoxy) is 1. The van der Waals surface area contributed by atoms with Gasteiger partial charge in [0.1, 0.15) is 0 Å². The van der Waals surface area contributed by atoms with E-state index >= 15 is 0 Å². The van der Waals surface area contributed by atoms with Crippen LogP contribution in [0.5, 0.6) is 0 Å². The van der Waals surface area contributed by atoms with Gasteiger partial charge in [0.25, 0.3) is 6.17 Å². The Bertz CT molecular complexity index is 1460. The molecule has 0 aliphatic carbocycles. The molecule has 194 valence electrons. The molecule has 10 heteroatoms. The standard InChI is InChI=1S/C28H27N4O4PS/c1-2-36-28(33)27(31-30-22-18-20-26(21-19-22)38(29,34)35)32-37(23-12-6-3-7-13-23,24-14-8-4-9-15-24)25-16-10-5-11-17-25/h3-21,27H,2H2,1H3,(H2,29,34,35). The first-order chi connectivity index (χ1) is 18.3. The van der Waals surface area contributed by atoms with Crippen molar-refractivity contribution in [2.24, 2.45) is 20.1 Å². The molecule has 0 spiro atoms. The Balaban J connectivity index is 1.95. The minimum absolute atomic E-state index is 0.0507. The molecule has 0 amide bonds. The van der Waals surface area contributed by atoms with E-state index in [0.29, 0.717) is 5.69 Å². The van der Waals surface area contributed by atoms with E-state index in [0.717, 1.165) is 15.9 Å². The normalized spacial score (nSPS) is 12.7. The van der Waals surface area contributed by atoms with Gasteiger partial charge >= 0.3 is 5.97 Å². The van der Waals surface area contributed by atoms with E-state index in [1.165, 1.54) is 24.3 Å². The summed E-state index contributed by atoms with van der Waals surface area (Å²) >= 11 is 0. The highest BCUT2D eigenvalue weighted by Gasteiger charge is 2.31. The van der Waals surface area contributed by atoms with Crippen LogP contribution in [0.3, 0.4) is 0 Å². The molecule has 0 saturated carbocycles. The largest absolute Gasteiger partial charge is 0.463 e. The molecule has 4 aromatic rings. The van der Waals surface area contributed by atoms with E-state index in [9.17, 15) is 13.2 Å². The predicted octanol–water partition coefficient (Wildman–Crippen LogP) is 4.48. The lowest BCUT2D eigenvalue weighted by Gasteiger charge is -2.28. The quantitative estimate of drug-likeness (QED) is 0.189. The summed E-state index contributed by atoms with van der Waals surface area (Å²) in [6.07, 6.45) is -1.28. The van der Waals surface area contributed by atoms with E-state index in [1.54, 1.807) is 6.92 Å². The molecule has 0 aliphatic rings. The predicted molar refractivity (Wildman–Crippen MR) is 150 cm³/mol. The fraction of sp³-hybridized carbons (Fsp3) is 0.107. The minimum atomic E-state index is -3.85. The number of esters is 1. The fourth-order valence-corrected chi connectivity index (χ4v) is 7.99. The fourth-order valence-electron chi connectivity index (χ4n) is 3.90. The SMILES string of the molecule is CCOC(=O)C(N=Nc1ccc(S(N)(=O)=O)cc1)N=P(c1ccccc1)(c1ccccc1)c1ccccc1. The summed E-state index contributed by atoms with van der Waals surface area (Å²) in [5, 5.41) is 16.5. The third-order valence-electron chi connectivity index (χ3n) is 5.62. The number of rotatable bonds is 9. The number of azo groups is 1. The van der Waals surface area contributed by atoms with Crippen molar-refractivity contribution in [2.75, 3.05) is 6.61 Å². The van der Waals surface area contributed by atoms with Gasteiger partial charge in [-0.25, -0.2) is 18.4 Å². The van der Waals surface area contributed by atoms with Crippen LogP contribution < -0.4 is 21.1 Å². The zero-order chi connectivity index (χ0) is 27.0. The highest BCUT2D eigenvalue weighted by Crippen LogP contribution is 2.47. The number of hydrogen-bond acceptors (Lipinski definition) is 7. The summed E-state index contributed by atoms with van der Waals surface area (Å²) in [6.45, 7) is 1.86. The van der Waals surface area contributed by atoms with Crippen LogP contribution in [0.15, 0.2) is 135 Å². The zero-order valence-electron chi connectivity index (χ0n) is 20.7. The van der Waals surface area contributed by atoms with E-state index in [4.69, 9.17) is 14.6 Å². The van der Waals surface area contributed by atoms with Crippen molar-refractivity contribution in [3.8, 4) is 0 Å². The van der Waals surface area contributed by atoms with Crippen LogP contribution in [-0.2, 0) is 19.6 Å². The van der Waals surface area contributed by atoms with Crippen LogP contribution >= 0.6 is 7.05 Å². The molecule has 38 heavy (non-hydrogen) atoms. The topological polar surface area (TPSA) is 124 Å². The van der Waals surface area contributed by atoms with Crippen molar-refractivity contribution in [3.63, 3.8) is 0 Å². The minimum Gasteiger partial charge on any atom is -0.463 e. The second kappa shape index (κ2) is 12.1. The van der Waals surface area contributed by atoms with Crippen LogP contribution in [0.4, 0.5) is 5.69 Å². The van der Waals surface area contributed by atoms with Crippen molar-refractivity contribution >= 4 is 44.6 Å². The van der Waals surface area contributed by atoms with E-state index in [-0.39, 0.29) is 11.5 Å². The van der Waals surface area contributed by atoms with Crippen LogP contribution in [0.1, 0.15) is 6.92 Å². The number of nitrogens with zero attached hydrogens (tertiary/aromatic N) is 3. The van der Waals surface area contributed by atoms with Crippen molar-refractivity contribution in [3.05, 3.63) is 115 Å². The first kappa shape index (κ1) is 27.1. The summed E-state index contributed by atoms with van der Waals surface area (Å²) < 4.78 is 33.7. The number of benzene rings is 4. The molecule has 0 bridgehead atoms. The molecule has 4 aromatic carbocycles. The number of carbonyl (C=O) groups excluding carboxylic acids is 1. The van der Waals surface area contributed by atoms with Gasteiger partial charge in [-0.3, -0.25) is 4.74 Å². The summed E-state index contributed by atoms with van der Waals surface area (Å²) in [6, 6.07) is 35.0. The highest BCUT2D eigenvalue weighted by atomic mass is 32.2. The summed E-state index contributed by atoms with van der Waals surface area (Å²) in [5.74, 6) is -0.635. The Hall–Kier alpha value is -3.91. The molecule has 2 N–H and O–H groups in total. The number of carbonyl (C=O) groups is 1. The molecular formula is C28H27N4O4PS. The third kappa shape index (κ3) is 6.14. The molecule has 4 rings (SSSR count). The molecule has 8 nitrogen and oxygen atoms in total. The Morgan fingerprint density at radius 3 is 1.63 bits per heavy atom. The lowest BCUT2D eigenvalue weighted by atomic mass is 10.3. The molecule has 0 aromatic heterocycles. The maximum atomic E-state index is 13.2.